The van der Waals surface area contributed by atoms with Crippen LogP contribution < -0.4 is 5.32 Å². The molecule has 0 heterocycles. The lowest BCUT2D eigenvalue weighted by Crippen LogP contribution is -2.69. The zero-order chi connectivity index (χ0) is 15.8. The van der Waals surface area contributed by atoms with Crippen LogP contribution in [0.1, 0.15) is 61.3 Å². The molecule has 2 rings (SSSR count). The van der Waals surface area contributed by atoms with Crippen LogP contribution in [0.2, 0.25) is 0 Å². The third-order valence-electron chi connectivity index (χ3n) is 5.76. The highest BCUT2D eigenvalue weighted by atomic mass is 16.5. The van der Waals surface area contributed by atoms with Crippen molar-refractivity contribution in [1.82, 2.24) is 5.32 Å². The molecule has 2 aliphatic rings. The topological polar surface area (TPSA) is 30.5 Å². The molecule has 0 bridgehead atoms. The van der Waals surface area contributed by atoms with Crippen LogP contribution in [-0.4, -0.2) is 37.5 Å². The van der Waals surface area contributed by atoms with E-state index in [-0.39, 0.29) is 10.8 Å². The van der Waals surface area contributed by atoms with Crippen molar-refractivity contribution in [1.29, 1.82) is 0 Å². The van der Waals surface area contributed by atoms with Gasteiger partial charge in [-0.2, -0.15) is 0 Å². The lowest BCUT2D eigenvalue weighted by atomic mass is 9.60. The van der Waals surface area contributed by atoms with E-state index in [1.807, 2.05) is 0 Å². The van der Waals surface area contributed by atoms with Crippen molar-refractivity contribution >= 4 is 0 Å². The molecule has 21 heavy (non-hydrogen) atoms. The van der Waals surface area contributed by atoms with Crippen LogP contribution >= 0.6 is 0 Å². The second-order valence-electron chi connectivity index (χ2n) is 8.55. The van der Waals surface area contributed by atoms with Crippen LogP contribution in [0, 0.1) is 16.7 Å². The average Bonchev–Trinajstić information content (AvgIpc) is 2.39. The maximum Gasteiger partial charge on any atom is 0.0656 e. The molecule has 0 aromatic heterocycles. The third kappa shape index (κ3) is 3.30. The van der Waals surface area contributed by atoms with Crippen molar-refractivity contribution in [3.8, 4) is 0 Å². The highest BCUT2D eigenvalue weighted by Crippen LogP contribution is 2.48. The molecule has 0 amide bonds. The number of ether oxygens (including phenoxy) is 2. The van der Waals surface area contributed by atoms with Gasteiger partial charge in [0.05, 0.1) is 12.2 Å². The molecule has 1 N–H and O–H groups in total. The number of hydrogen-bond donors (Lipinski definition) is 1. The van der Waals surface area contributed by atoms with E-state index in [9.17, 15) is 0 Å². The smallest absolute Gasteiger partial charge is 0.0656 e. The normalized spacial score (nSPS) is 37.1. The van der Waals surface area contributed by atoms with E-state index >= 15 is 0 Å². The van der Waals surface area contributed by atoms with Gasteiger partial charge in [0, 0.05) is 36.1 Å². The van der Waals surface area contributed by atoms with Gasteiger partial charge >= 0.3 is 0 Å². The molecule has 4 unspecified atom stereocenters. The minimum absolute atomic E-state index is 0.238. The van der Waals surface area contributed by atoms with Gasteiger partial charge in [-0.15, -0.1) is 0 Å². The summed E-state index contributed by atoms with van der Waals surface area (Å²) in [5, 5.41) is 3.88. The maximum atomic E-state index is 6.07. The van der Waals surface area contributed by atoms with Crippen molar-refractivity contribution in [2.24, 2.45) is 16.7 Å². The number of hydrogen-bond acceptors (Lipinski definition) is 3. The van der Waals surface area contributed by atoms with E-state index in [0.29, 0.717) is 30.2 Å². The second kappa shape index (κ2) is 6.17. The fourth-order valence-electron chi connectivity index (χ4n) is 3.65. The molecule has 3 nitrogen and oxygen atoms in total. The predicted octanol–water partition coefficient (Wildman–Crippen LogP) is 3.62. The molecule has 124 valence electrons. The van der Waals surface area contributed by atoms with Crippen LogP contribution in [-0.2, 0) is 9.47 Å². The van der Waals surface area contributed by atoms with E-state index < -0.39 is 0 Å². The standard InChI is InChI=1S/C18H35NO2/c1-8-20-15-9-13(17(15,4)5)19-14-10-16(18(14,6)7)21-11-12(2)3/h12-16,19H,8-11H2,1-7H3. The SMILES string of the molecule is CCOC1CC(NC2CC(OCC(C)C)C2(C)C)C1(C)C. The Labute approximate surface area is 131 Å². The molecule has 2 aliphatic carbocycles. The summed E-state index contributed by atoms with van der Waals surface area (Å²) in [6, 6.07) is 1.14. The molecule has 2 saturated carbocycles. The van der Waals surface area contributed by atoms with Crippen LogP contribution in [0.25, 0.3) is 0 Å². The molecule has 0 radical (unpaired) electrons. The Kier molecular flexibility index (Phi) is 5.07. The summed E-state index contributed by atoms with van der Waals surface area (Å²) in [7, 11) is 0. The lowest BCUT2D eigenvalue weighted by molar-refractivity contribution is -0.155. The van der Waals surface area contributed by atoms with E-state index in [1.54, 1.807) is 0 Å². The molecule has 4 atom stereocenters. The van der Waals surface area contributed by atoms with Crippen molar-refractivity contribution in [2.45, 2.75) is 85.6 Å². The zero-order valence-electron chi connectivity index (χ0n) is 15.0. The van der Waals surface area contributed by atoms with Gasteiger partial charge in [0.1, 0.15) is 0 Å². The Hall–Kier alpha value is -0.120. The summed E-state index contributed by atoms with van der Waals surface area (Å²) >= 11 is 0. The Bertz CT molecular complexity index is 351. The molecule has 3 heteroatoms. The van der Waals surface area contributed by atoms with Crippen molar-refractivity contribution in [3.63, 3.8) is 0 Å². The van der Waals surface area contributed by atoms with Gasteiger partial charge < -0.3 is 14.8 Å². The minimum atomic E-state index is 0.238. The van der Waals surface area contributed by atoms with Crippen LogP contribution in [0.3, 0.4) is 0 Å². The van der Waals surface area contributed by atoms with Gasteiger partial charge in [0.15, 0.2) is 0 Å². The second-order valence-corrected chi connectivity index (χ2v) is 8.55. The molecule has 0 aliphatic heterocycles. The highest BCUT2D eigenvalue weighted by Gasteiger charge is 2.54. The summed E-state index contributed by atoms with van der Waals surface area (Å²) in [5.41, 5.74) is 0.484. The lowest BCUT2D eigenvalue weighted by Gasteiger charge is -2.59. The first-order valence-electron chi connectivity index (χ1n) is 8.68. The first-order valence-corrected chi connectivity index (χ1v) is 8.68. The van der Waals surface area contributed by atoms with E-state index in [1.165, 1.54) is 0 Å². The fourth-order valence-corrected chi connectivity index (χ4v) is 3.65. The number of nitrogens with one attached hydrogen (secondary N) is 1. The first-order chi connectivity index (χ1) is 9.69. The van der Waals surface area contributed by atoms with Gasteiger partial charge in [-0.3, -0.25) is 0 Å². The Morgan fingerprint density at radius 2 is 1.43 bits per heavy atom. The predicted molar refractivity (Wildman–Crippen MR) is 87.5 cm³/mol. The van der Waals surface area contributed by atoms with Crippen molar-refractivity contribution in [2.75, 3.05) is 13.2 Å². The monoisotopic (exact) mass is 297 g/mol. The summed E-state index contributed by atoms with van der Waals surface area (Å²) < 4.78 is 11.9. The first kappa shape index (κ1) is 17.2. The Morgan fingerprint density at radius 3 is 1.81 bits per heavy atom. The highest BCUT2D eigenvalue weighted by molar-refractivity contribution is 5.09. The van der Waals surface area contributed by atoms with E-state index in [0.717, 1.165) is 26.1 Å². The largest absolute Gasteiger partial charge is 0.378 e. The maximum absolute atomic E-state index is 6.07. The summed E-state index contributed by atoms with van der Waals surface area (Å²) in [6.07, 6.45) is 3.11. The van der Waals surface area contributed by atoms with Gasteiger partial charge in [-0.05, 0) is 25.7 Å². The fraction of sp³-hybridized carbons (Fsp3) is 1.00. The van der Waals surface area contributed by atoms with Gasteiger partial charge in [-0.1, -0.05) is 41.5 Å². The Balaban J connectivity index is 1.81. The molecule has 2 fully saturated rings. The summed E-state index contributed by atoms with van der Waals surface area (Å²) in [6.45, 7) is 17.5. The van der Waals surface area contributed by atoms with Crippen LogP contribution in [0.15, 0.2) is 0 Å². The molecular formula is C18H35NO2. The quantitative estimate of drug-likeness (QED) is 0.778. The van der Waals surface area contributed by atoms with Crippen molar-refractivity contribution in [3.05, 3.63) is 0 Å². The van der Waals surface area contributed by atoms with E-state index in [4.69, 9.17) is 9.47 Å². The Morgan fingerprint density at radius 1 is 0.952 bits per heavy atom. The van der Waals surface area contributed by atoms with Gasteiger partial charge in [-0.25, -0.2) is 0 Å². The van der Waals surface area contributed by atoms with Gasteiger partial charge in [0.2, 0.25) is 0 Å². The third-order valence-corrected chi connectivity index (χ3v) is 5.76. The van der Waals surface area contributed by atoms with Crippen molar-refractivity contribution < 1.29 is 9.47 Å². The molecule has 0 saturated heterocycles. The number of rotatable bonds is 7. The molecule has 0 aromatic carbocycles. The van der Waals surface area contributed by atoms with Crippen LogP contribution in [0.4, 0.5) is 0 Å². The molecular weight excluding hydrogens is 262 g/mol. The molecule has 0 spiro atoms. The summed E-state index contributed by atoms with van der Waals surface area (Å²) in [4.78, 5) is 0. The molecule has 0 aromatic rings. The average molecular weight is 297 g/mol. The summed E-state index contributed by atoms with van der Waals surface area (Å²) in [5.74, 6) is 0.616. The van der Waals surface area contributed by atoms with E-state index in [2.05, 4.69) is 53.8 Å². The van der Waals surface area contributed by atoms with Crippen LogP contribution in [0.5, 0.6) is 0 Å². The minimum Gasteiger partial charge on any atom is -0.378 e. The van der Waals surface area contributed by atoms with Gasteiger partial charge in [0.25, 0.3) is 0 Å². The zero-order valence-corrected chi connectivity index (χ0v) is 15.0.